The summed E-state index contributed by atoms with van der Waals surface area (Å²) in [6.45, 7) is 1.32. The molecule has 1 saturated heterocycles. The number of amides is 3. The number of carbonyl (C=O) groups excluding carboxylic acids is 3. The molecule has 23 heavy (non-hydrogen) atoms. The molecule has 1 aliphatic rings. The fraction of sp³-hybridized carbons (Fsp3) is 0.357. The van der Waals surface area contributed by atoms with Crippen molar-refractivity contribution in [3.63, 3.8) is 0 Å². The quantitative estimate of drug-likeness (QED) is 0.854. The van der Waals surface area contributed by atoms with Gasteiger partial charge in [0.25, 0.3) is 0 Å². The molecule has 0 spiro atoms. The summed E-state index contributed by atoms with van der Waals surface area (Å²) in [6.07, 6.45) is -4.56. The lowest BCUT2D eigenvalue weighted by molar-refractivity contribution is -0.144. The lowest BCUT2D eigenvalue weighted by Crippen LogP contribution is -2.45. The molecule has 0 unspecified atom stereocenters. The van der Waals surface area contributed by atoms with Crippen molar-refractivity contribution in [3.05, 3.63) is 28.8 Å². The number of carbonyl (C=O) groups is 3. The largest absolute Gasteiger partial charge is 0.416 e. The van der Waals surface area contributed by atoms with E-state index in [0.29, 0.717) is 6.07 Å². The fourth-order valence-corrected chi connectivity index (χ4v) is 2.34. The van der Waals surface area contributed by atoms with Gasteiger partial charge in [-0.1, -0.05) is 11.6 Å². The maximum atomic E-state index is 12.7. The molecule has 124 valence electrons. The number of alkyl halides is 3. The number of halogens is 4. The standard InChI is InChI=1S/C14H12ClF3N2O3/c1-7(20-11(21)4-5-12(20)22)13(23)19-10-6-8(14(16,17)18)2-3-9(10)15/h2-3,6-7H,4-5H2,1H3,(H,19,23)/t7-/m0/s1. The molecule has 1 aliphatic heterocycles. The van der Waals surface area contributed by atoms with Gasteiger partial charge >= 0.3 is 6.18 Å². The first kappa shape index (κ1) is 17.3. The lowest BCUT2D eigenvalue weighted by Gasteiger charge is -2.22. The summed E-state index contributed by atoms with van der Waals surface area (Å²) >= 11 is 5.78. The van der Waals surface area contributed by atoms with Gasteiger partial charge in [0.1, 0.15) is 6.04 Å². The highest BCUT2D eigenvalue weighted by Gasteiger charge is 2.36. The van der Waals surface area contributed by atoms with Crippen molar-refractivity contribution in [1.29, 1.82) is 0 Å². The highest BCUT2D eigenvalue weighted by Crippen LogP contribution is 2.34. The Morgan fingerprint density at radius 3 is 2.35 bits per heavy atom. The van der Waals surface area contributed by atoms with Crippen LogP contribution in [0.4, 0.5) is 18.9 Å². The van der Waals surface area contributed by atoms with Crippen LogP contribution >= 0.6 is 11.6 Å². The Kier molecular flexibility index (Phi) is 4.65. The van der Waals surface area contributed by atoms with E-state index in [1.165, 1.54) is 6.92 Å². The van der Waals surface area contributed by atoms with Crippen LogP contribution in [0.2, 0.25) is 5.02 Å². The molecule has 2 rings (SSSR count). The Hall–Kier alpha value is -2.09. The van der Waals surface area contributed by atoms with Crippen molar-refractivity contribution >= 4 is 35.0 Å². The molecule has 1 aromatic carbocycles. The van der Waals surface area contributed by atoms with Gasteiger partial charge < -0.3 is 5.32 Å². The van der Waals surface area contributed by atoms with Gasteiger partial charge in [0.15, 0.2) is 0 Å². The Morgan fingerprint density at radius 2 is 1.83 bits per heavy atom. The second-order valence-corrected chi connectivity index (χ2v) is 5.42. The van der Waals surface area contributed by atoms with E-state index in [1.54, 1.807) is 0 Å². The normalized spacial score (nSPS) is 16.7. The average Bonchev–Trinajstić information content (AvgIpc) is 2.78. The van der Waals surface area contributed by atoms with Crippen molar-refractivity contribution in [2.75, 3.05) is 5.32 Å². The van der Waals surface area contributed by atoms with E-state index in [4.69, 9.17) is 11.6 Å². The van der Waals surface area contributed by atoms with Gasteiger partial charge in [0.2, 0.25) is 17.7 Å². The first-order valence-corrected chi connectivity index (χ1v) is 7.01. The van der Waals surface area contributed by atoms with Crippen molar-refractivity contribution in [3.8, 4) is 0 Å². The molecule has 1 aromatic rings. The van der Waals surface area contributed by atoms with Crippen molar-refractivity contribution in [2.24, 2.45) is 0 Å². The van der Waals surface area contributed by atoms with Gasteiger partial charge in [-0.3, -0.25) is 19.3 Å². The molecule has 1 fully saturated rings. The summed E-state index contributed by atoms with van der Waals surface area (Å²) in [5, 5.41) is 2.14. The Labute approximate surface area is 134 Å². The van der Waals surface area contributed by atoms with E-state index >= 15 is 0 Å². The number of hydrogen-bond acceptors (Lipinski definition) is 3. The molecule has 0 saturated carbocycles. The van der Waals surface area contributed by atoms with Crippen LogP contribution in [0.5, 0.6) is 0 Å². The summed E-state index contributed by atoms with van der Waals surface area (Å²) < 4.78 is 38.1. The van der Waals surface area contributed by atoms with Gasteiger partial charge in [-0.15, -0.1) is 0 Å². The third-order valence-electron chi connectivity index (χ3n) is 3.41. The van der Waals surface area contributed by atoms with E-state index in [0.717, 1.165) is 17.0 Å². The lowest BCUT2D eigenvalue weighted by atomic mass is 10.2. The average molecular weight is 349 g/mol. The Balaban J connectivity index is 2.20. The van der Waals surface area contributed by atoms with Crippen LogP contribution in [0, 0.1) is 0 Å². The Bertz CT molecular complexity index is 660. The third-order valence-corrected chi connectivity index (χ3v) is 3.74. The van der Waals surface area contributed by atoms with Crippen LogP contribution in [-0.2, 0) is 20.6 Å². The predicted octanol–water partition coefficient (Wildman–Crippen LogP) is 2.83. The molecule has 1 N–H and O–H groups in total. The first-order chi connectivity index (χ1) is 10.6. The van der Waals surface area contributed by atoms with E-state index < -0.39 is 35.5 Å². The van der Waals surface area contributed by atoms with E-state index in [1.807, 2.05) is 0 Å². The summed E-state index contributed by atoms with van der Waals surface area (Å²) in [5.41, 5.74) is -1.21. The van der Waals surface area contributed by atoms with Crippen molar-refractivity contribution < 1.29 is 27.6 Å². The highest BCUT2D eigenvalue weighted by atomic mass is 35.5. The zero-order valence-corrected chi connectivity index (χ0v) is 12.7. The van der Waals surface area contributed by atoms with Crippen LogP contribution in [0.1, 0.15) is 25.3 Å². The van der Waals surface area contributed by atoms with Gasteiger partial charge in [0.05, 0.1) is 16.3 Å². The predicted molar refractivity (Wildman–Crippen MR) is 75.6 cm³/mol. The monoisotopic (exact) mass is 348 g/mol. The fourth-order valence-electron chi connectivity index (χ4n) is 2.18. The van der Waals surface area contributed by atoms with Gasteiger partial charge in [-0.25, -0.2) is 0 Å². The number of imide groups is 1. The van der Waals surface area contributed by atoms with Crippen molar-refractivity contribution in [1.82, 2.24) is 4.90 Å². The van der Waals surface area contributed by atoms with E-state index in [9.17, 15) is 27.6 Å². The zero-order valence-electron chi connectivity index (χ0n) is 11.9. The molecule has 5 nitrogen and oxygen atoms in total. The minimum atomic E-state index is -4.59. The summed E-state index contributed by atoms with van der Waals surface area (Å²) in [6, 6.07) is 1.36. The molecular formula is C14H12ClF3N2O3. The maximum Gasteiger partial charge on any atom is 0.416 e. The summed E-state index contributed by atoms with van der Waals surface area (Å²) in [4.78, 5) is 36.1. The molecular weight excluding hydrogens is 337 g/mol. The van der Waals surface area contributed by atoms with Crippen LogP contribution < -0.4 is 5.32 Å². The first-order valence-electron chi connectivity index (χ1n) is 6.63. The summed E-state index contributed by atoms with van der Waals surface area (Å²) in [7, 11) is 0. The minimum Gasteiger partial charge on any atom is -0.323 e. The molecule has 0 aromatic heterocycles. The number of anilines is 1. The zero-order chi connectivity index (χ0) is 17.4. The molecule has 1 atom stereocenters. The molecule has 0 radical (unpaired) electrons. The van der Waals surface area contributed by atoms with Crippen LogP contribution in [-0.4, -0.2) is 28.7 Å². The molecule has 0 aliphatic carbocycles. The molecule has 3 amide bonds. The second kappa shape index (κ2) is 6.19. The summed E-state index contributed by atoms with van der Waals surface area (Å²) in [5.74, 6) is -1.78. The number of hydrogen-bond donors (Lipinski definition) is 1. The third kappa shape index (κ3) is 3.64. The van der Waals surface area contributed by atoms with Gasteiger partial charge in [0, 0.05) is 12.8 Å². The topological polar surface area (TPSA) is 66.5 Å². The SMILES string of the molecule is C[C@@H](C(=O)Nc1cc(C(F)(F)F)ccc1Cl)N1C(=O)CCC1=O. The number of benzene rings is 1. The maximum absolute atomic E-state index is 12.7. The highest BCUT2D eigenvalue weighted by molar-refractivity contribution is 6.33. The van der Waals surface area contributed by atoms with Crippen LogP contribution in [0.25, 0.3) is 0 Å². The van der Waals surface area contributed by atoms with E-state index in [2.05, 4.69) is 5.32 Å². The van der Waals surface area contributed by atoms with E-state index in [-0.39, 0.29) is 23.6 Å². The number of rotatable bonds is 3. The Morgan fingerprint density at radius 1 is 1.26 bits per heavy atom. The smallest absolute Gasteiger partial charge is 0.323 e. The molecule has 9 heteroatoms. The minimum absolute atomic E-state index is 0.0147. The van der Waals surface area contributed by atoms with Gasteiger partial charge in [-0.2, -0.15) is 13.2 Å². The van der Waals surface area contributed by atoms with Crippen molar-refractivity contribution in [2.45, 2.75) is 32.0 Å². The second-order valence-electron chi connectivity index (χ2n) is 5.02. The number of nitrogens with one attached hydrogen (secondary N) is 1. The number of nitrogens with zero attached hydrogens (tertiary/aromatic N) is 1. The van der Waals surface area contributed by atoms with Crippen LogP contribution in [0.3, 0.4) is 0 Å². The van der Waals surface area contributed by atoms with Gasteiger partial charge in [-0.05, 0) is 25.1 Å². The number of likely N-dealkylation sites (tertiary alicyclic amines) is 1. The molecule has 0 bridgehead atoms. The molecule has 1 heterocycles. The van der Waals surface area contributed by atoms with Crippen LogP contribution in [0.15, 0.2) is 18.2 Å².